The van der Waals surface area contributed by atoms with Crippen molar-refractivity contribution in [3.05, 3.63) is 45.7 Å². The normalized spacial score (nSPS) is 11.6. The summed E-state index contributed by atoms with van der Waals surface area (Å²) in [6.07, 6.45) is 1.58. The van der Waals surface area contributed by atoms with Crippen molar-refractivity contribution in [2.24, 2.45) is 5.73 Å². The molecule has 0 radical (unpaired) electrons. The molecule has 0 unspecified atom stereocenters. The molecule has 114 valence electrons. The Morgan fingerprint density at radius 1 is 1.38 bits per heavy atom. The molecule has 2 rings (SSSR count). The lowest BCUT2D eigenvalue weighted by atomic mass is 10.3. The van der Waals surface area contributed by atoms with Crippen molar-refractivity contribution >= 4 is 43.2 Å². The van der Waals surface area contributed by atoms with Crippen LogP contribution in [0.15, 0.2) is 39.8 Å². The summed E-state index contributed by atoms with van der Waals surface area (Å²) in [5.41, 5.74) is 6.82. The fraction of sp³-hybridized carbons (Fsp3) is 0.231. The second-order valence-electron chi connectivity index (χ2n) is 4.39. The summed E-state index contributed by atoms with van der Waals surface area (Å²) in [4.78, 5) is 0.187. The molecule has 1 aromatic carbocycles. The van der Waals surface area contributed by atoms with Crippen LogP contribution in [0.2, 0.25) is 5.02 Å². The SMILES string of the molecule is CCn1cc(S(=O)(=O)Nc2ccc(Cl)cc2Br)cc1CN. The maximum absolute atomic E-state index is 12.4. The van der Waals surface area contributed by atoms with Crippen molar-refractivity contribution in [3.63, 3.8) is 0 Å². The van der Waals surface area contributed by atoms with Crippen LogP contribution in [0.4, 0.5) is 5.69 Å². The molecule has 0 bridgehead atoms. The van der Waals surface area contributed by atoms with Gasteiger partial charge >= 0.3 is 0 Å². The largest absolute Gasteiger partial charge is 0.349 e. The predicted octanol–water partition coefficient (Wildman–Crippen LogP) is 3.18. The van der Waals surface area contributed by atoms with E-state index in [-0.39, 0.29) is 11.4 Å². The Hall–Kier alpha value is -1.02. The minimum Gasteiger partial charge on any atom is -0.349 e. The van der Waals surface area contributed by atoms with Gasteiger partial charge in [0, 0.05) is 34.5 Å². The van der Waals surface area contributed by atoms with Crippen LogP contribution in [0, 0.1) is 0 Å². The van der Waals surface area contributed by atoms with Crippen molar-refractivity contribution in [3.8, 4) is 0 Å². The van der Waals surface area contributed by atoms with Crippen LogP contribution in [0.25, 0.3) is 0 Å². The Bertz CT molecular complexity index is 737. The van der Waals surface area contributed by atoms with Gasteiger partial charge in [-0.15, -0.1) is 0 Å². The van der Waals surface area contributed by atoms with Gasteiger partial charge in [0.25, 0.3) is 10.0 Å². The molecule has 0 atom stereocenters. The number of sulfonamides is 1. The van der Waals surface area contributed by atoms with Gasteiger partial charge in [-0.3, -0.25) is 4.72 Å². The summed E-state index contributed by atoms with van der Waals surface area (Å²) in [5, 5.41) is 0.521. The highest BCUT2D eigenvalue weighted by atomic mass is 79.9. The number of halogens is 2. The highest BCUT2D eigenvalue weighted by molar-refractivity contribution is 9.10. The average molecular weight is 393 g/mol. The smallest absolute Gasteiger partial charge is 0.263 e. The summed E-state index contributed by atoms with van der Waals surface area (Å²) < 4.78 is 29.8. The van der Waals surface area contributed by atoms with Gasteiger partial charge in [-0.2, -0.15) is 0 Å². The first-order valence-corrected chi connectivity index (χ1v) is 8.89. The van der Waals surface area contributed by atoms with Gasteiger partial charge in [-0.25, -0.2) is 8.42 Å². The molecule has 8 heteroatoms. The summed E-state index contributed by atoms with van der Waals surface area (Å²) >= 11 is 9.13. The fourth-order valence-electron chi connectivity index (χ4n) is 1.91. The molecule has 5 nitrogen and oxygen atoms in total. The number of nitrogens with two attached hydrogens (primary N) is 1. The van der Waals surface area contributed by atoms with E-state index in [9.17, 15) is 8.42 Å². The van der Waals surface area contributed by atoms with E-state index in [0.717, 1.165) is 5.69 Å². The molecular weight excluding hydrogens is 378 g/mol. The molecule has 0 aliphatic rings. The Balaban J connectivity index is 2.36. The zero-order valence-corrected chi connectivity index (χ0v) is 14.5. The average Bonchev–Trinajstić information content (AvgIpc) is 2.86. The molecule has 1 aromatic heterocycles. The Morgan fingerprint density at radius 3 is 2.62 bits per heavy atom. The highest BCUT2D eigenvalue weighted by Crippen LogP contribution is 2.28. The number of anilines is 1. The van der Waals surface area contributed by atoms with Crippen molar-refractivity contribution in [1.82, 2.24) is 4.57 Å². The summed E-state index contributed by atoms with van der Waals surface area (Å²) in [6, 6.07) is 6.43. The quantitative estimate of drug-likeness (QED) is 0.820. The summed E-state index contributed by atoms with van der Waals surface area (Å²) in [6.45, 7) is 2.87. The molecule has 2 aromatic rings. The third-order valence-electron chi connectivity index (χ3n) is 3.00. The highest BCUT2D eigenvalue weighted by Gasteiger charge is 2.19. The fourth-order valence-corrected chi connectivity index (χ4v) is 3.97. The van der Waals surface area contributed by atoms with Gasteiger partial charge in [0.1, 0.15) is 4.90 Å². The van der Waals surface area contributed by atoms with Gasteiger partial charge in [-0.05, 0) is 47.1 Å². The van der Waals surface area contributed by atoms with Crippen LogP contribution in [0.1, 0.15) is 12.6 Å². The van der Waals surface area contributed by atoms with Crippen LogP contribution in [0.5, 0.6) is 0 Å². The van der Waals surface area contributed by atoms with Crippen LogP contribution in [-0.2, 0) is 23.1 Å². The van der Waals surface area contributed by atoms with E-state index in [2.05, 4.69) is 20.7 Å². The van der Waals surface area contributed by atoms with E-state index in [1.165, 1.54) is 0 Å². The minimum absolute atomic E-state index is 0.187. The van der Waals surface area contributed by atoms with Gasteiger partial charge in [0.05, 0.1) is 5.69 Å². The second kappa shape index (κ2) is 6.39. The van der Waals surface area contributed by atoms with Crippen molar-refractivity contribution in [2.75, 3.05) is 4.72 Å². The first-order chi connectivity index (χ1) is 9.87. The third-order valence-corrected chi connectivity index (χ3v) is 5.22. The van der Waals surface area contributed by atoms with E-state index >= 15 is 0 Å². The molecule has 0 aliphatic heterocycles. The predicted molar refractivity (Wildman–Crippen MR) is 88.0 cm³/mol. The topological polar surface area (TPSA) is 77.1 Å². The number of nitrogens with zero attached hydrogens (tertiary/aromatic N) is 1. The van der Waals surface area contributed by atoms with Crippen molar-refractivity contribution in [1.29, 1.82) is 0 Å². The number of hydrogen-bond donors (Lipinski definition) is 2. The Morgan fingerprint density at radius 2 is 2.10 bits per heavy atom. The minimum atomic E-state index is -3.67. The lowest BCUT2D eigenvalue weighted by Gasteiger charge is -2.08. The molecule has 0 saturated heterocycles. The zero-order chi connectivity index (χ0) is 15.6. The zero-order valence-electron chi connectivity index (χ0n) is 11.3. The molecule has 21 heavy (non-hydrogen) atoms. The number of benzene rings is 1. The summed E-state index contributed by atoms with van der Waals surface area (Å²) in [5.74, 6) is 0. The Kier molecular flexibility index (Phi) is 4.98. The maximum atomic E-state index is 12.4. The molecule has 3 N–H and O–H groups in total. The van der Waals surface area contributed by atoms with Crippen molar-refractivity contribution in [2.45, 2.75) is 24.9 Å². The van der Waals surface area contributed by atoms with Crippen LogP contribution >= 0.6 is 27.5 Å². The van der Waals surface area contributed by atoms with E-state index < -0.39 is 10.0 Å². The van der Waals surface area contributed by atoms with Gasteiger partial charge in [0.2, 0.25) is 0 Å². The number of hydrogen-bond acceptors (Lipinski definition) is 3. The monoisotopic (exact) mass is 391 g/mol. The van der Waals surface area contributed by atoms with E-state index in [0.29, 0.717) is 21.7 Å². The molecule has 0 spiro atoms. The Labute approximate surface area is 137 Å². The second-order valence-corrected chi connectivity index (χ2v) is 7.36. The van der Waals surface area contributed by atoms with E-state index in [1.54, 1.807) is 30.5 Å². The molecule has 0 fully saturated rings. The number of rotatable bonds is 5. The number of aryl methyl sites for hydroxylation is 1. The van der Waals surface area contributed by atoms with Gasteiger partial charge in [0.15, 0.2) is 0 Å². The third kappa shape index (κ3) is 3.60. The molecule has 0 aliphatic carbocycles. The van der Waals surface area contributed by atoms with E-state index in [1.807, 2.05) is 11.5 Å². The standard InChI is InChI=1S/C13H15BrClN3O2S/c1-2-18-8-11(6-10(18)7-16)21(19,20)17-13-4-3-9(15)5-12(13)14/h3-6,8,17H,2,7,16H2,1H3. The summed E-state index contributed by atoms with van der Waals surface area (Å²) in [7, 11) is -3.67. The van der Waals surface area contributed by atoms with E-state index in [4.69, 9.17) is 17.3 Å². The lowest BCUT2D eigenvalue weighted by Crippen LogP contribution is -2.12. The number of nitrogens with one attached hydrogen (secondary N) is 1. The van der Waals surface area contributed by atoms with Crippen LogP contribution in [0.3, 0.4) is 0 Å². The number of aromatic nitrogens is 1. The molecule has 1 heterocycles. The van der Waals surface area contributed by atoms with Crippen molar-refractivity contribution < 1.29 is 8.42 Å². The lowest BCUT2D eigenvalue weighted by molar-refractivity contribution is 0.600. The first kappa shape index (κ1) is 16.4. The first-order valence-electron chi connectivity index (χ1n) is 6.24. The van der Waals surface area contributed by atoms with Crippen LogP contribution in [-0.4, -0.2) is 13.0 Å². The van der Waals surface area contributed by atoms with Crippen LogP contribution < -0.4 is 10.5 Å². The maximum Gasteiger partial charge on any atom is 0.263 e. The molecule has 0 saturated carbocycles. The van der Waals surface area contributed by atoms with Gasteiger partial charge < -0.3 is 10.3 Å². The molecule has 0 amide bonds. The molecular formula is C13H15BrClN3O2S. The van der Waals surface area contributed by atoms with Gasteiger partial charge in [-0.1, -0.05) is 11.6 Å².